The van der Waals surface area contributed by atoms with Gasteiger partial charge in [-0.05, 0) is 30.0 Å². The van der Waals surface area contributed by atoms with Gasteiger partial charge in [0.15, 0.2) is 5.82 Å². The van der Waals surface area contributed by atoms with Crippen LogP contribution in [0, 0.1) is 12.7 Å². The van der Waals surface area contributed by atoms with E-state index in [4.69, 9.17) is 15.2 Å². The number of halogens is 1. The monoisotopic (exact) mass is 466 g/mol. The molecule has 1 atom stereocenters. The Morgan fingerprint density at radius 2 is 2.15 bits per heavy atom. The first kappa shape index (κ1) is 21.7. The van der Waals surface area contributed by atoms with Crippen molar-refractivity contribution in [1.82, 2.24) is 14.9 Å². The summed E-state index contributed by atoms with van der Waals surface area (Å²) in [7, 11) is 1.65. The molecule has 1 fully saturated rings. The Bertz CT molecular complexity index is 1330. The molecule has 176 valence electrons. The highest BCUT2D eigenvalue weighted by Gasteiger charge is 2.30. The third-order valence-electron chi connectivity index (χ3n) is 6.04. The summed E-state index contributed by atoms with van der Waals surface area (Å²) >= 11 is 0. The lowest BCUT2D eigenvalue weighted by Gasteiger charge is -2.22. The van der Waals surface area contributed by atoms with Gasteiger partial charge >= 0.3 is 6.09 Å². The minimum absolute atomic E-state index is 0.0528. The number of carbonyl (C=O) groups is 2. The second kappa shape index (κ2) is 8.32. The van der Waals surface area contributed by atoms with E-state index in [1.807, 2.05) is 6.92 Å². The van der Waals surface area contributed by atoms with Crippen LogP contribution in [0.3, 0.4) is 0 Å². The van der Waals surface area contributed by atoms with Crippen molar-refractivity contribution in [2.24, 2.45) is 0 Å². The number of hydrogen-bond acceptors (Lipinski definition) is 8. The Balaban J connectivity index is 1.46. The van der Waals surface area contributed by atoms with Gasteiger partial charge in [0.05, 0.1) is 18.7 Å². The predicted molar refractivity (Wildman–Crippen MR) is 124 cm³/mol. The van der Waals surface area contributed by atoms with Crippen molar-refractivity contribution < 1.29 is 23.5 Å². The lowest BCUT2D eigenvalue weighted by Crippen LogP contribution is -2.25. The van der Waals surface area contributed by atoms with Crippen molar-refractivity contribution in [1.29, 1.82) is 0 Å². The van der Waals surface area contributed by atoms with Crippen LogP contribution in [0.25, 0.3) is 21.9 Å². The molecule has 0 radical (unpaired) electrons. The molecule has 2 aliphatic heterocycles. The normalized spacial score (nSPS) is 17.2. The highest BCUT2D eigenvalue weighted by Crippen LogP contribution is 2.39. The Hall–Kier alpha value is -4.15. The van der Waals surface area contributed by atoms with Gasteiger partial charge in [-0.1, -0.05) is 0 Å². The summed E-state index contributed by atoms with van der Waals surface area (Å²) < 4.78 is 26.1. The van der Waals surface area contributed by atoms with Gasteiger partial charge in [-0.15, -0.1) is 0 Å². The summed E-state index contributed by atoms with van der Waals surface area (Å²) in [5, 5.41) is 6.79. The summed E-state index contributed by atoms with van der Waals surface area (Å²) in [6.45, 7) is 3.33. The number of benzene rings is 1. The number of amides is 2. The molecule has 4 N–H and O–H groups in total. The molecule has 0 aliphatic carbocycles. The van der Waals surface area contributed by atoms with Gasteiger partial charge < -0.3 is 25.4 Å². The van der Waals surface area contributed by atoms with Gasteiger partial charge in [-0.3, -0.25) is 10.1 Å². The number of anilines is 3. The molecule has 0 spiro atoms. The van der Waals surface area contributed by atoms with Crippen LogP contribution in [-0.4, -0.2) is 59.7 Å². The average molecular weight is 466 g/mol. The summed E-state index contributed by atoms with van der Waals surface area (Å²) in [5.41, 5.74) is 8.41. The van der Waals surface area contributed by atoms with Gasteiger partial charge in [0, 0.05) is 42.5 Å². The van der Waals surface area contributed by atoms with Crippen LogP contribution in [0.4, 0.5) is 26.4 Å². The number of carbonyl (C=O) groups excluding carboxylic acids is 2. The van der Waals surface area contributed by atoms with E-state index in [0.717, 1.165) is 11.3 Å². The number of hydrogen-bond donors (Lipinski definition) is 3. The first-order chi connectivity index (χ1) is 16.3. The number of rotatable bonds is 3. The zero-order chi connectivity index (χ0) is 24.0. The standard InChI is InChI=1S/C23H23FN6O4/c1-11-15(8-28-22-21(11)26-3-4-33-22)14-5-12-6-17(27-9-16(12)20(25)19(14)24)29-23(32)34-13-7-18(31)30(2)10-13/h5-6,8-9,13,26H,3-4,7,10,25H2,1-2H3,(H,27,29,32)/t13-/m1/s1. The van der Waals surface area contributed by atoms with Gasteiger partial charge in [-0.2, -0.15) is 0 Å². The molecule has 0 bridgehead atoms. The van der Waals surface area contributed by atoms with Crippen molar-refractivity contribution >= 4 is 40.0 Å². The third-order valence-corrected chi connectivity index (χ3v) is 6.04. The van der Waals surface area contributed by atoms with Gasteiger partial charge in [-0.25, -0.2) is 19.2 Å². The first-order valence-corrected chi connectivity index (χ1v) is 10.8. The van der Waals surface area contributed by atoms with Gasteiger partial charge in [0.25, 0.3) is 0 Å². The zero-order valence-corrected chi connectivity index (χ0v) is 18.6. The largest absolute Gasteiger partial charge is 0.474 e. The first-order valence-electron chi connectivity index (χ1n) is 10.8. The Morgan fingerprint density at radius 1 is 1.32 bits per heavy atom. The smallest absolute Gasteiger partial charge is 0.413 e. The molecule has 0 saturated carbocycles. The van der Waals surface area contributed by atoms with E-state index in [0.29, 0.717) is 41.9 Å². The second-order valence-corrected chi connectivity index (χ2v) is 8.33. The highest BCUT2D eigenvalue weighted by molar-refractivity contribution is 5.99. The van der Waals surface area contributed by atoms with Crippen LogP contribution in [-0.2, 0) is 9.53 Å². The summed E-state index contributed by atoms with van der Waals surface area (Å²) in [4.78, 5) is 33.9. The average Bonchev–Trinajstić information content (AvgIpc) is 3.13. The van der Waals surface area contributed by atoms with E-state index in [1.165, 1.54) is 11.1 Å². The minimum atomic E-state index is -0.726. The van der Waals surface area contributed by atoms with Crippen molar-refractivity contribution in [3.8, 4) is 17.0 Å². The quantitative estimate of drug-likeness (QED) is 0.502. The molecule has 3 aromatic rings. The molecule has 11 heteroatoms. The van der Waals surface area contributed by atoms with E-state index in [1.54, 1.807) is 25.4 Å². The van der Waals surface area contributed by atoms with Crippen molar-refractivity contribution in [2.75, 3.05) is 43.1 Å². The number of fused-ring (bicyclic) bond motifs is 2. The maximum absolute atomic E-state index is 15.3. The summed E-state index contributed by atoms with van der Waals surface area (Å²) in [6, 6.07) is 3.23. The molecule has 34 heavy (non-hydrogen) atoms. The lowest BCUT2D eigenvalue weighted by atomic mass is 9.97. The second-order valence-electron chi connectivity index (χ2n) is 8.33. The Kier molecular flexibility index (Phi) is 5.31. The topological polar surface area (TPSA) is 132 Å². The third kappa shape index (κ3) is 3.78. The number of ether oxygens (including phenoxy) is 2. The van der Waals surface area contributed by atoms with Crippen LogP contribution in [0.5, 0.6) is 5.88 Å². The number of likely N-dealkylation sites (tertiary alicyclic amines) is 1. The maximum atomic E-state index is 15.3. The van der Waals surface area contributed by atoms with Gasteiger partial charge in [0.1, 0.15) is 24.2 Å². The fourth-order valence-corrected chi connectivity index (χ4v) is 4.24. The number of pyridine rings is 2. The van der Waals surface area contributed by atoms with Crippen LogP contribution in [0.1, 0.15) is 12.0 Å². The van der Waals surface area contributed by atoms with E-state index < -0.39 is 18.0 Å². The highest BCUT2D eigenvalue weighted by atomic mass is 19.1. The van der Waals surface area contributed by atoms with Gasteiger partial charge in [0.2, 0.25) is 11.8 Å². The summed E-state index contributed by atoms with van der Waals surface area (Å²) in [6.07, 6.45) is 1.85. The van der Waals surface area contributed by atoms with Crippen LogP contribution < -0.4 is 21.1 Å². The van der Waals surface area contributed by atoms with E-state index in [-0.39, 0.29) is 29.4 Å². The molecule has 0 unspecified atom stereocenters. The maximum Gasteiger partial charge on any atom is 0.413 e. The number of nitrogens with one attached hydrogen (secondary N) is 2. The van der Waals surface area contributed by atoms with E-state index >= 15 is 4.39 Å². The fourth-order valence-electron chi connectivity index (χ4n) is 4.24. The number of nitrogens with zero attached hydrogens (tertiary/aromatic N) is 3. The molecule has 10 nitrogen and oxygen atoms in total. The predicted octanol–water partition coefficient (Wildman–Crippen LogP) is 2.91. The Labute approximate surface area is 194 Å². The number of nitrogens with two attached hydrogens (primary N) is 1. The molecule has 4 heterocycles. The summed E-state index contributed by atoms with van der Waals surface area (Å²) in [5.74, 6) is 0.0277. The molecule has 1 aromatic carbocycles. The van der Waals surface area contributed by atoms with Crippen molar-refractivity contribution in [2.45, 2.75) is 19.4 Å². The van der Waals surface area contributed by atoms with Crippen LogP contribution >= 0.6 is 0 Å². The lowest BCUT2D eigenvalue weighted by molar-refractivity contribution is -0.126. The van der Waals surface area contributed by atoms with E-state index in [2.05, 4.69) is 20.6 Å². The minimum Gasteiger partial charge on any atom is -0.474 e. The van der Waals surface area contributed by atoms with Crippen LogP contribution in [0.15, 0.2) is 24.5 Å². The molecule has 1 saturated heterocycles. The molecular formula is C23H23FN6O4. The molecule has 5 rings (SSSR count). The SMILES string of the molecule is Cc1c(-c2cc3cc(NC(=O)O[C@@H]4CC(=O)N(C)C4)ncc3c(N)c2F)cnc2c1NCCO2. The molecule has 2 amide bonds. The fraction of sp³-hybridized carbons (Fsp3) is 0.304. The molecule has 2 aliphatic rings. The zero-order valence-electron chi connectivity index (χ0n) is 18.6. The van der Waals surface area contributed by atoms with E-state index in [9.17, 15) is 9.59 Å². The van der Waals surface area contributed by atoms with Crippen molar-refractivity contribution in [3.63, 3.8) is 0 Å². The molecule has 2 aromatic heterocycles. The number of aromatic nitrogens is 2. The Morgan fingerprint density at radius 3 is 2.91 bits per heavy atom. The number of likely N-dealkylation sites (N-methyl/N-ethyl adjacent to an activating group) is 1. The van der Waals surface area contributed by atoms with Crippen LogP contribution in [0.2, 0.25) is 0 Å². The number of nitrogen functional groups attached to an aromatic ring is 1. The van der Waals surface area contributed by atoms with Crippen molar-refractivity contribution in [3.05, 3.63) is 35.9 Å². The molecular weight excluding hydrogens is 443 g/mol.